The molecule has 1 aliphatic heterocycles. The molecule has 3 rings (SSSR count). The van der Waals surface area contributed by atoms with Crippen LogP contribution in [-0.4, -0.2) is 35.2 Å². The number of amides is 2. The fourth-order valence-corrected chi connectivity index (χ4v) is 4.44. The van der Waals surface area contributed by atoms with E-state index in [-0.39, 0.29) is 12.1 Å². The van der Waals surface area contributed by atoms with E-state index in [1.807, 2.05) is 18.7 Å². The zero-order chi connectivity index (χ0) is 17.2. The first-order valence-electron chi connectivity index (χ1n) is 9.46. The van der Waals surface area contributed by atoms with E-state index in [1.54, 1.807) is 0 Å². The number of carbonyl (C=O) groups excluding carboxylic acids is 1. The van der Waals surface area contributed by atoms with Crippen molar-refractivity contribution in [1.29, 1.82) is 0 Å². The Labute approximate surface area is 145 Å². The molecule has 1 N–H and O–H groups in total. The first-order valence-corrected chi connectivity index (χ1v) is 9.46. The van der Waals surface area contributed by atoms with Crippen molar-refractivity contribution in [2.45, 2.75) is 78.2 Å². The van der Waals surface area contributed by atoms with Gasteiger partial charge in [0, 0.05) is 24.7 Å². The lowest BCUT2D eigenvalue weighted by atomic mass is 9.68. The summed E-state index contributed by atoms with van der Waals surface area (Å²) in [6.45, 7) is 7.75. The molecule has 0 aromatic carbocycles. The van der Waals surface area contributed by atoms with Crippen LogP contribution < -0.4 is 5.32 Å². The molecule has 1 aliphatic carbocycles. The minimum atomic E-state index is 0.0832. The summed E-state index contributed by atoms with van der Waals surface area (Å²) < 4.78 is 5.21. The fraction of sp³-hybridized carbons (Fsp3) is 0.789. The molecule has 0 radical (unpaired) electrons. The van der Waals surface area contributed by atoms with Crippen LogP contribution in [0.15, 0.2) is 4.52 Å². The van der Waals surface area contributed by atoms with Crippen molar-refractivity contribution in [3.8, 4) is 0 Å². The van der Waals surface area contributed by atoms with Crippen molar-refractivity contribution >= 4 is 6.03 Å². The zero-order valence-corrected chi connectivity index (χ0v) is 15.4. The van der Waals surface area contributed by atoms with Crippen molar-refractivity contribution in [2.75, 3.05) is 13.1 Å². The Bertz CT molecular complexity index is 546. The second kappa shape index (κ2) is 7.16. The number of aromatic nitrogens is 1. The molecule has 1 aromatic rings. The van der Waals surface area contributed by atoms with Gasteiger partial charge in [-0.1, -0.05) is 24.4 Å². The van der Waals surface area contributed by atoms with Crippen molar-refractivity contribution in [3.63, 3.8) is 0 Å². The number of likely N-dealkylation sites (tertiary alicyclic amines) is 1. The molecule has 2 heterocycles. The van der Waals surface area contributed by atoms with Gasteiger partial charge in [-0.3, -0.25) is 0 Å². The molecular formula is C19H31N3O2. The van der Waals surface area contributed by atoms with Crippen LogP contribution in [0.3, 0.4) is 0 Å². The number of carbonyl (C=O) groups is 1. The Morgan fingerprint density at radius 3 is 2.46 bits per heavy atom. The number of hydrogen-bond donors (Lipinski definition) is 1. The van der Waals surface area contributed by atoms with E-state index >= 15 is 0 Å². The molecule has 2 amide bonds. The van der Waals surface area contributed by atoms with Gasteiger partial charge in [-0.15, -0.1) is 0 Å². The van der Waals surface area contributed by atoms with Gasteiger partial charge in [0.2, 0.25) is 0 Å². The molecule has 2 aliphatic rings. The molecule has 1 unspecified atom stereocenters. The molecule has 134 valence electrons. The molecule has 2 fully saturated rings. The minimum absolute atomic E-state index is 0.0832. The van der Waals surface area contributed by atoms with Crippen molar-refractivity contribution in [2.24, 2.45) is 5.41 Å². The highest BCUT2D eigenvalue weighted by atomic mass is 16.5. The molecule has 5 heteroatoms. The standard InChI is InChI=1S/C19H31N3O2/c1-14(13-17-15(2)21-24-16(17)3)20-18(23)22-11-9-19(10-12-22)7-5-4-6-8-19/h14H,4-13H2,1-3H3,(H,20,23). The van der Waals surface area contributed by atoms with E-state index < -0.39 is 0 Å². The monoisotopic (exact) mass is 333 g/mol. The predicted octanol–water partition coefficient (Wildman–Crippen LogP) is 3.98. The molecule has 1 saturated carbocycles. The minimum Gasteiger partial charge on any atom is -0.361 e. The maximum atomic E-state index is 12.6. The van der Waals surface area contributed by atoms with Gasteiger partial charge in [0.1, 0.15) is 5.76 Å². The van der Waals surface area contributed by atoms with Crippen LogP contribution in [0, 0.1) is 19.3 Å². The first kappa shape index (κ1) is 17.3. The molecular weight excluding hydrogens is 302 g/mol. The van der Waals surface area contributed by atoms with Gasteiger partial charge in [-0.05, 0) is 58.3 Å². The Kier molecular flexibility index (Phi) is 5.16. The van der Waals surface area contributed by atoms with Gasteiger partial charge < -0.3 is 14.7 Å². The molecule has 1 spiro atoms. The number of nitrogens with zero attached hydrogens (tertiary/aromatic N) is 2. The molecule has 1 aromatic heterocycles. The van der Waals surface area contributed by atoms with E-state index in [9.17, 15) is 4.79 Å². The van der Waals surface area contributed by atoms with E-state index in [4.69, 9.17) is 4.52 Å². The molecule has 1 saturated heterocycles. The highest BCUT2D eigenvalue weighted by Gasteiger charge is 2.36. The van der Waals surface area contributed by atoms with Crippen LogP contribution in [0.25, 0.3) is 0 Å². The average molecular weight is 333 g/mol. The third-order valence-corrected chi connectivity index (χ3v) is 6.09. The summed E-state index contributed by atoms with van der Waals surface area (Å²) in [5.41, 5.74) is 2.57. The van der Waals surface area contributed by atoms with Crippen LogP contribution >= 0.6 is 0 Å². The Hall–Kier alpha value is -1.52. The third-order valence-electron chi connectivity index (χ3n) is 6.09. The normalized spacial score (nSPS) is 21.7. The van der Waals surface area contributed by atoms with Crippen LogP contribution in [0.5, 0.6) is 0 Å². The summed E-state index contributed by atoms with van der Waals surface area (Å²) in [6, 6.07) is 0.166. The van der Waals surface area contributed by atoms with Gasteiger partial charge in [0.05, 0.1) is 5.69 Å². The maximum Gasteiger partial charge on any atom is 0.317 e. The predicted molar refractivity (Wildman–Crippen MR) is 94.0 cm³/mol. The number of aryl methyl sites for hydroxylation is 2. The quantitative estimate of drug-likeness (QED) is 0.910. The van der Waals surface area contributed by atoms with Crippen molar-refractivity contribution in [3.05, 3.63) is 17.0 Å². The number of nitrogens with one attached hydrogen (secondary N) is 1. The van der Waals surface area contributed by atoms with Gasteiger partial charge in [-0.25, -0.2) is 4.79 Å². The fourth-order valence-electron chi connectivity index (χ4n) is 4.44. The van der Waals surface area contributed by atoms with Crippen LogP contribution in [0.2, 0.25) is 0 Å². The Balaban J connectivity index is 1.49. The summed E-state index contributed by atoms with van der Waals surface area (Å²) in [5.74, 6) is 0.853. The lowest BCUT2D eigenvalue weighted by Crippen LogP contribution is -2.50. The number of piperidine rings is 1. The largest absolute Gasteiger partial charge is 0.361 e. The highest BCUT2D eigenvalue weighted by Crippen LogP contribution is 2.44. The molecule has 1 atom stereocenters. The number of hydrogen-bond acceptors (Lipinski definition) is 3. The third kappa shape index (κ3) is 3.76. The van der Waals surface area contributed by atoms with E-state index in [0.717, 1.165) is 36.5 Å². The summed E-state index contributed by atoms with van der Waals surface area (Å²) in [7, 11) is 0. The highest BCUT2D eigenvalue weighted by molar-refractivity contribution is 5.74. The van der Waals surface area contributed by atoms with Gasteiger partial charge in [-0.2, -0.15) is 0 Å². The van der Waals surface area contributed by atoms with Gasteiger partial charge in [0.15, 0.2) is 0 Å². The topological polar surface area (TPSA) is 58.4 Å². The SMILES string of the molecule is Cc1noc(C)c1CC(C)NC(=O)N1CCC2(CCCCC2)CC1. The Morgan fingerprint density at radius 1 is 1.21 bits per heavy atom. The van der Waals surface area contributed by atoms with Crippen LogP contribution in [-0.2, 0) is 6.42 Å². The van der Waals surface area contributed by atoms with Gasteiger partial charge >= 0.3 is 6.03 Å². The summed E-state index contributed by atoms with van der Waals surface area (Å²) >= 11 is 0. The van der Waals surface area contributed by atoms with Crippen LogP contribution in [0.4, 0.5) is 4.79 Å². The van der Waals surface area contributed by atoms with E-state index in [2.05, 4.69) is 17.4 Å². The summed E-state index contributed by atoms with van der Waals surface area (Å²) in [4.78, 5) is 14.6. The Morgan fingerprint density at radius 2 is 1.88 bits per heavy atom. The van der Waals surface area contributed by atoms with Crippen LogP contribution in [0.1, 0.15) is 68.9 Å². The van der Waals surface area contributed by atoms with Crippen molar-refractivity contribution < 1.29 is 9.32 Å². The summed E-state index contributed by atoms with van der Waals surface area (Å²) in [5, 5.41) is 7.14. The lowest BCUT2D eigenvalue weighted by Gasteiger charge is -2.44. The number of urea groups is 1. The first-order chi connectivity index (χ1) is 11.5. The van der Waals surface area contributed by atoms with Gasteiger partial charge in [0.25, 0.3) is 0 Å². The second-order valence-corrected chi connectivity index (χ2v) is 7.91. The summed E-state index contributed by atoms with van der Waals surface area (Å²) in [6.07, 6.45) is 10.0. The molecule has 24 heavy (non-hydrogen) atoms. The smallest absolute Gasteiger partial charge is 0.317 e. The second-order valence-electron chi connectivity index (χ2n) is 7.91. The lowest BCUT2D eigenvalue weighted by molar-refractivity contribution is 0.0805. The average Bonchev–Trinajstić information content (AvgIpc) is 2.88. The molecule has 0 bridgehead atoms. The van der Waals surface area contributed by atoms with E-state index in [0.29, 0.717) is 5.41 Å². The van der Waals surface area contributed by atoms with E-state index in [1.165, 1.54) is 44.9 Å². The number of rotatable bonds is 3. The zero-order valence-electron chi connectivity index (χ0n) is 15.4. The molecule has 5 nitrogen and oxygen atoms in total. The van der Waals surface area contributed by atoms with Crippen molar-refractivity contribution in [1.82, 2.24) is 15.4 Å². The maximum absolute atomic E-state index is 12.6.